The van der Waals surface area contributed by atoms with Gasteiger partial charge in [0, 0.05) is 34.7 Å². The SMILES string of the molecule is Nc1cccc2ccn(CC3CSc4ccccc43)c12. The molecule has 1 atom stereocenters. The Labute approximate surface area is 122 Å². The van der Waals surface area contributed by atoms with Crippen molar-refractivity contribution in [2.45, 2.75) is 17.4 Å². The van der Waals surface area contributed by atoms with Gasteiger partial charge in [0.05, 0.1) is 11.2 Å². The second kappa shape index (κ2) is 4.60. The number of hydrogen-bond donors (Lipinski definition) is 1. The number of anilines is 1. The van der Waals surface area contributed by atoms with Crippen molar-refractivity contribution in [3.05, 3.63) is 60.3 Å². The third kappa shape index (κ3) is 1.81. The molecule has 4 rings (SSSR count). The highest BCUT2D eigenvalue weighted by atomic mass is 32.2. The van der Waals surface area contributed by atoms with Crippen LogP contribution in [-0.2, 0) is 6.54 Å². The molecule has 2 nitrogen and oxygen atoms in total. The number of aromatic nitrogens is 1. The molecule has 1 aliphatic rings. The van der Waals surface area contributed by atoms with Gasteiger partial charge in [0.1, 0.15) is 0 Å². The van der Waals surface area contributed by atoms with E-state index in [0.29, 0.717) is 5.92 Å². The number of benzene rings is 2. The van der Waals surface area contributed by atoms with E-state index in [1.807, 2.05) is 23.9 Å². The third-order valence-electron chi connectivity index (χ3n) is 4.04. The average molecular weight is 280 g/mol. The van der Waals surface area contributed by atoms with Crippen molar-refractivity contribution in [3.63, 3.8) is 0 Å². The minimum Gasteiger partial charge on any atom is -0.397 e. The monoisotopic (exact) mass is 280 g/mol. The molecule has 0 radical (unpaired) electrons. The molecule has 2 heterocycles. The molecule has 0 amide bonds. The topological polar surface area (TPSA) is 30.9 Å². The van der Waals surface area contributed by atoms with Crippen molar-refractivity contribution in [2.75, 3.05) is 11.5 Å². The summed E-state index contributed by atoms with van der Waals surface area (Å²) in [6.45, 7) is 1.00. The second-order valence-electron chi connectivity index (χ2n) is 5.30. The second-order valence-corrected chi connectivity index (χ2v) is 6.36. The first-order valence-electron chi connectivity index (χ1n) is 6.88. The summed E-state index contributed by atoms with van der Waals surface area (Å²) in [6, 6.07) is 17.0. The number of hydrogen-bond acceptors (Lipinski definition) is 2. The van der Waals surface area contributed by atoms with E-state index in [-0.39, 0.29) is 0 Å². The fourth-order valence-electron chi connectivity index (χ4n) is 3.06. The summed E-state index contributed by atoms with van der Waals surface area (Å²) in [4.78, 5) is 1.43. The molecule has 0 saturated heterocycles. The van der Waals surface area contributed by atoms with Gasteiger partial charge in [-0.1, -0.05) is 30.3 Å². The maximum absolute atomic E-state index is 6.14. The molecule has 0 saturated carbocycles. The first kappa shape index (κ1) is 11.9. The van der Waals surface area contributed by atoms with Crippen molar-refractivity contribution in [1.82, 2.24) is 4.57 Å². The highest BCUT2D eigenvalue weighted by Crippen LogP contribution is 2.40. The van der Waals surface area contributed by atoms with Crippen LogP contribution in [0.4, 0.5) is 5.69 Å². The summed E-state index contributed by atoms with van der Waals surface area (Å²) in [5.74, 6) is 1.73. The largest absolute Gasteiger partial charge is 0.397 e. The average Bonchev–Trinajstić information content (AvgIpc) is 3.06. The van der Waals surface area contributed by atoms with Crippen LogP contribution in [0.2, 0.25) is 0 Å². The van der Waals surface area contributed by atoms with Crippen LogP contribution in [0.15, 0.2) is 59.6 Å². The standard InChI is InChI=1S/C17H16N2S/c18-15-6-3-4-12-8-9-19(17(12)15)10-13-11-20-16-7-2-1-5-14(13)16/h1-9,13H,10-11,18H2. The molecule has 0 aliphatic carbocycles. The molecule has 3 heteroatoms. The molecule has 2 aromatic carbocycles. The van der Waals surface area contributed by atoms with Crippen LogP contribution in [-0.4, -0.2) is 10.3 Å². The summed E-state index contributed by atoms with van der Waals surface area (Å²) in [7, 11) is 0. The van der Waals surface area contributed by atoms with E-state index >= 15 is 0 Å². The van der Waals surface area contributed by atoms with Crippen LogP contribution in [0.3, 0.4) is 0 Å². The fourth-order valence-corrected chi connectivity index (χ4v) is 4.30. The van der Waals surface area contributed by atoms with Crippen molar-refractivity contribution < 1.29 is 0 Å². The zero-order valence-electron chi connectivity index (χ0n) is 11.1. The van der Waals surface area contributed by atoms with Gasteiger partial charge in [0.2, 0.25) is 0 Å². The zero-order chi connectivity index (χ0) is 13.5. The van der Waals surface area contributed by atoms with Gasteiger partial charge in [0.15, 0.2) is 0 Å². The molecule has 20 heavy (non-hydrogen) atoms. The molecule has 1 unspecified atom stereocenters. The third-order valence-corrected chi connectivity index (χ3v) is 5.29. The lowest BCUT2D eigenvalue weighted by atomic mass is 10.0. The highest BCUT2D eigenvalue weighted by molar-refractivity contribution is 7.99. The van der Waals surface area contributed by atoms with E-state index in [9.17, 15) is 0 Å². The van der Waals surface area contributed by atoms with Gasteiger partial charge in [0.25, 0.3) is 0 Å². The van der Waals surface area contributed by atoms with Crippen LogP contribution in [0.5, 0.6) is 0 Å². The maximum Gasteiger partial charge on any atom is 0.0714 e. The predicted molar refractivity (Wildman–Crippen MR) is 86.3 cm³/mol. The predicted octanol–water partition coefficient (Wildman–Crippen LogP) is 4.11. The molecule has 1 aliphatic heterocycles. The van der Waals surface area contributed by atoms with Crippen molar-refractivity contribution in [2.24, 2.45) is 0 Å². The maximum atomic E-state index is 6.14. The summed E-state index contributed by atoms with van der Waals surface area (Å²) < 4.78 is 2.30. The first-order chi connectivity index (χ1) is 9.83. The zero-order valence-corrected chi connectivity index (χ0v) is 11.9. The van der Waals surface area contributed by atoms with Crippen LogP contribution in [0, 0.1) is 0 Å². The minimum atomic E-state index is 0.575. The number of nitrogens with two attached hydrogens (primary N) is 1. The number of fused-ring (bicyclic) bond motifs is 2. The normalized spacial score (nSPS) is 17.5. The fraction of sp³-hybridized carbons (Fsp3) is 0.176. The van der Waals surface area contributed by atoms with E-state index in [4.69, 9.17) is 5.73 Å². The Bertz CT molecular complexity index is 776. The molecule has 2 N–H and O–H groups in total. The number of nitrogens with zero attached hydrogens (tertiary/aromatic N) is 1. The Morgan fingerprint density at radius 1 is 1.10 bits per heavy atom. The van der Waals surface area contributed by atoms with Gasteiger partial charge in [-0.05, 0) is 23.8 Å². The molecule has 100 valence electrons. The Morgan fingerprint density at radius 2 is 2.00 bits per heavy atom. The van der Waals surface area contributed by atoms with Gasteiger partial charge in [-0.2, -0.15) is 0 Å². The van der Waals surface area contributed by atoms with Crippen LogP contribution in [0.1, 0.15) is 11.5 Å². The number of thioether (sulfide) groups is 1. The lowest BCUT2D eigenvalue weighted by Gasteiger charge is -2.14. The smallest absolute Gasteiger partial charge is 0.0714 e. The molecular weight excluding hydrogens is 264 g/mol. The molecular formula is C17H16N2S. The van der Waals surface area contributed by atoms with Crippen molar-refractivity contribution >= 4 is 28.4 Å². The summed E-state index contributed by atoms with van der Waals surface area (Å²) in [6.07, 6.45) is 2.16. The lowest BCUT2D eigenvalue weighted by Crippen LogP contribution is -2.08. The van der Waals surface area contributed by atoms with Crippen molar-refractivity contribution in [1.29, 1.82) is 0 Å². The van der Waals surface area contributed by atoms with Gasteiger partial charge < -0.3 is 10.3 Å². The summed E-state index contributed by atoms with van der Waals surface area (Å²) in [5, 5.41) is 1.23. The van der Waals surface area contributed by atoms with Crippen molar-refractivity contribution in [3.8, 4) is 0 Å². The Hall–Kier alpha value is -1.87. The minimum absolute atomic E-state index is 0.575. The van der Waals surface area contributed by atoms with E-state index in [1.165, 1.54) is 21.4 Å². The van der Waals surface area contributed by atoms with E-state index in [1.54, 1.807) is 0 Å². The summed E-state index contributed by atoms with van der Waals surface area (Å²) >= 11 is 1.96. The highest BCUT2D eigenvalue weighted by Gasteiger charge is 2.23. The van der Waals surface area contributed by atoms with E-state index in [2.05, 4.69) is 47.2 Å². The Morgan fingerprint density at radius 3 is 2.95 bits per heavy atom. The molecule has 1 aromatic heterocycles. The molecule has 0 spiro atoms. The number of para-hydroxylation sites is 1. The Balaban J connectivity index is 1.73. The van der Waals surface area contributed by atoms with Gasteiger partial charge in [-0.25, -0.2) is 0 Å². The van der Waals surface area contributed by atoms with Crippen LogP contribution >= 0.6 is 11.8 Å². The number of nitrogen functional groups attached to an aromatic ring is 1. The van der Waals surface area contributed by atoms with Crippen LogP contribution in [0.25, 0.3) is 10.9 Å². The first-order valence-corrected chi connectivity index (χ1v) is 7.86. The van der Waals surface area contributed by atoms with Gasteiger partial charge >= 0.3 is 0 Å². The van der Waals surface area contributed by atoms with Gasteiger partial charge in [-0.15, -0.1) is 11.8 Å². The van der Waals surface area contributed by atoms with E-state index < -0.39 is 0 Å². The lowest BCUT2D eigenvalue weighted by molar-refractivity contribution is 0.623. The summed E-state index contributed by atoms with van der Waals surface area (Å²) in [5.41, 5.74) is 9.66. The quantitative estimate of drug-likeness (QED) is 0.716. The van der Waals surface area contributed by atoms with E-state index in [0.717, 1.165) is 18.0 Å². The molecule has 0 bridgehead atoms. The van der Waals surface area contributed by atoms with Gasteiger partial charge in [-0.3, -0.25) is 0 Å². The number of rotatable bonds is 2. The Kier molecular flexibility index (Phi) is 2.74. The molecule has 0 fully saturated rings. The van der Waals surface area contributed by atoms with Crippen LogP contribution < -0.4 is 5.73 Å². The molecule has 3 aromatic rings.